The van der Waals surface area contributed by atoms with E-state index in [1.807, 2.05) is 31.2 Å². The van der Waals surface area contributed by atoms with Gasteiger partial charge >= 0.3 is 0 Å². The van der Waals surface area contributed by atoms with Gasteiger partial charge in [0.15, 0.2) is 0 Å². The monoisotopic (exact) mass is 373 g/mol. The number of hydrogen-bond acceptors (Lipinski definition) is 5. The molecule has 0 aliphatic carbocycles. The summed E-state index contributed by atoms with van der Waals surface area (Å²) in [6.07, 6.45) is 0.901. The molecule has 0 unspecified atom stereocenters. The predicted molar refractivity (Wildman–Crippen MR) is 107 cm³/mol. The van der Waals surface area contributed by atoms with Crippen LogP contribution in [0.3, 0.4) is 0 Å². The average Bonchev–Trinajstić information content (AvgIpc) is 3.21. The van der Waals surface area contributed by atoms with Crippen LogP contribution >= 0.6 is 11.3 Å². The van der Waals surface area contributed by atoms with E-state index in [9.17, 15) is 4.79 Å². The van der Waals surface area contributed by atoms with Crippen LogP contribution in [-0.2, 0) is 11.2 Å². The summed E-state index contributed by atoms with van der Waals surface area (Å²) in [7, 11) is 1.71. The van der Waals surface area contributed by atoms with E-state index in [1.165, 1.54) is 4.88 Å². The first-order chi connectivity index (χ1) is 12.7. The van der Waals surface area contributed by atoms with Crippen LogP contribution in [0, 0.1) is 0 Å². The average molecular weight is 374 g/mol. The summed E-state index contributed by atoms with van der Waals surface area (Å²) in [6.45, 7) is 6.24. The molecular weight excluding hydrogens is 346 g/mol. The number of hydrogen-bond donors (Lipinski definition) is 1. The summed E-state index contributed by atoms with van der Waals surface area (Å²) in [5.74, 6) is 1.02. The van der Waals surface area contributed by atoms with E-state index in [2.05, 4.69) is 32.6 Å². The Morgan fingerprint density at radius 2 is 1.96 bits per heavy atom. The van der Waals surface area contributed by atoms with Crippen molar-refractivity contribution in [2.24, 2.45) is 0 Å². The smallest absolute Gasteiger partial charge is 0.237 e. The van der Waals surface area contributed by atoms with E-state index < -0.39 is 0 Å². The fourth-order valence-electron chi connectivity index (χ4n) is 3.32. The number of ether oxygens (including phenoxy) is 1. The fourth-order valence-corrected chi connectivity index (χ4v) is 4.03. The lowest BCUT2D eigenvalue weighted by Crippen LogP contribution is -2.54. The number of nitrogens with one attached hydrogen (secondary N) is 1. The van der Waals surface area contributed by atoms with Crippen molar-refractivity contribution in [1.82, 2.24) is 10.2 Å². The van der Waals surface area contributed by atoms with Crippen molar-refractivity contribution in [3.8, 4) is 5.75 Å². The third kappa shape index (κ3) is 4.56. The Hall–Kier alpha value is -2.05. The lowest BCUT2D eigenvalue weighted by atomic mass is 10.2. The largest absolute Gasteiger partial charge is 0.495 e. The molecule has 1 aliphatic rings. The summed E-state index contributed by atoms with van der Waals surface area (Å²) >= 11 is 1.73. The molecule has 3 rings (SSSR count). The van der Waals surface area contributed by atoms with Gasteiger partial charge in [0.1, 0.15) is 5.75 Å². The first-order valence-electron chi connectivity index (χ1n) is 9.11. The fraction of sp³-hybridized carbons (Fsp3) is 0.450. The van der Waals surface area contributed by atoms with Gasteiger partial charge in [-0.3, -0.25) is 9.69 Å². The van der Waals surface area contributed by atoms with Gasteiger partial charge in [0, 0.05) is 37.6 Å². The highest BCUT2D eigenvalue weighted by molar-refractivity contribution is 7.09. The van der Waals surface area contributed by atoms with Gasteiger partial charge in [-0.2, -0.15) is 0 Å². The molecule has 0 radical (unpaired) electrons. The van der Waals surface area contributed by atoms with E-state index in [0.29, 0.717) is 6.54 Å². The number of methoxy groups -OCH3 is 1. The van der Waals surface area contributed by atoms with Crippen LogP contribution in [-0.4, -0.2) is 56.7 Å². The summed E-state index contributed by atoms with van der Waals surface area (Å²) in [4.78, 5) is 18.3. The van der Waals surface area contributed by atoms with Gasteiger partial charge in [-0.05, 0) is 36.9 Å². The highest BCUT2D eigenvalue weighted by Crippen LogP contribution is 2.28. The minimum absolute atomic E-state index is 0.0989. The highest BCUT2D eigenvalue weighted by Gasteiger charge is 2.26. The lowest BCUT2D eigenvalue weighted by Gasteiger charge is -2.38. The Morgan fingerprint density at radius 3 is 2.65 bits per heavy atom. The van der Waals surface area contributed by atoms with Crippen LogP contribution in [0.4, 0.5) is 5.69 Å². The molecule has 0 spiro atoms. The molecular formula is C20H27N3O2S. The van der Waals surface area contributed by atoms with Gasteiger partial charge < -0.3 is 15.0 Å². The SMILES string of the molecule is COc1ccccc1N1CCN([C@H](C)C(=O)NCCc2cccs2)CC1. The Kier molecular flexibility index (Phi) is 6.52. The number of rotatable bonds is 7. The molecule has 1 aromatic heterocycles. The number of piperazine rings is 1. The second-order valence-electron chi connectivity index (χ2n) is 6.49. The third-order valence-electron chi connectivity index (χ3n) is 4.92. The number of anilines is 1. The minimum atomic E-state index is -0.0989. The van der Waals surface area contributed by atoms with E-state index in [-0.39, 0.29) is 11.9 Å². The molecule has 1 aromatic carbocycles. The van der Waals surface area contributed by atoms with Crippen LogP contribution < -0.4 is 15.0 Å². The number of thiophene rings is 1. The molecule has 1 aliphatic heterocycles. The topological polar surface area (TPSA) is 44.8 Å². The Morgan fingerprint density at radius 1 is 1.19 bits per heavy atom. The van der Waals surface area contributed by atoms with Crippen LogP contribution in [0.5, 0.6) is 5.75 Å². The number of amides is 1. The molecule has 2 aromatic rings. The quantitative estimate of drug-likeness (QED) is 0.810. The Balaban J connectivity index is 1.46. The molecule has 6 heteroatoms. The second-order valence-corrected chi connectivity index (χ2v) is 7.52. The summed E-state index contributed by atoms with van der Waals surface area (Å²) in [5.41, 5.74) is 1.13. The number of para-hydroxylation sites is 2. The first-order valence-corrected chi connectivity index (χ1v) is 9.99. The molecule has 0 saturated carbocycles. The summed E-state index contributed by atoms with van der Waals surface area (Å²) < 4.78 is 5.47. The van der Waals surface area contributed by atoms with Crippen molar-refractivity contribution < 1.29 is 9.53 Å². The molecule has 2 heterocycles. The first kappa shape index (κ1) is 18.7. The van der Waals surface area contributed by atoms with Crippen LogP contribution in [0.1, 0.15) is 11.8 Å². The summed E-state index contributed by atoms with van der Waals surface area (Å²) in [6, 6.07) is 12.2. The van der Waals surface area contributed by atoms with Gasteiger partial charge in [0.25, 0.3) is 0 Å². The lowest BCUT2D eigenvalue weighted by molar-refractivity contribution is -0.125. The van der Waals surface area contributed by atoms with Gasteiger partial charge in [0.2, 0.25) is 5.91 Å². The zero-order chi connectivity index (χ0) is 18.4. The molecule has 1 N–H and O–H groups in total. The maximum Gasteiger partial charge on any atom is 0.237 e. The molecule has 140 valence electrons. The maximum atomic E-state index is 12.4. The van der Waals surface area contributed by atoms with E-state index in [1.54, 1.807) is 18.4 Å². The molecule has 26 heavy (non-hydrogen) atoms. The van der Waals surface area contributed by atoms with Crippen molar-refractivity contribution >= 4 is 22.9 Å². The molecule has 0 bridgehead atoms. The van der Waals surface area contributed by atoms with Crippen molar-refractivity contribution in [2.45, 2.75) is 19.4 Å². The van der Waals surface area contributed by atoms with Gasteiger partial charge in [-0.25, -0.2) is 0 Å². The predicted octanol–water partition coefficient (Wildman–Crippen LogP) is 2.63. The zero-order valence-electron chi connectivity index (χ0n) is 15.5. The molecule has 1 amide bonds. The molecule has 1 fully saturated rings. The van der Waals surface area contributed by atoms with Gasteiger partial charge in [-0.1, -0.05) is 18.2 Å². The van der Waals surface area contributed by atoms with Crippen molar-refractivity contribution in [3.05, 3.63) is 46.7 Å². The summed E-state index contributed by atoms with van der Waals surface area (Å²) in [5, 5.41) is 5.14. The van der Waals surface area contributed by atoms with Crippen LogP contribution in [0.2, 0.25) is 0 Å². The van der Waals surface area contributed by atoms with Gasteiger partial charge in [0.05, 0.1) is 18.8 Å². The normalized spacial score (nSPS) is 16.3. The molecule has 1 saturated heterocycles. The Labute approximate surface area is 159 Å². The third-order valence-corrected chi connectivity index (χ3v) is 5.85. The molecule has 1 atom stereocenters. The number of carbonyl (C=O) groups excluding carboxylic acids is 1. The maximum absolute atomic E-state index is 12.4. The van der Waals surface area contributed by atoms with Gasteiger partial charge in [-0.15, -0.1) is 11.3 Å². The highest BCUT2D eigenvalue weighted by atomic mass is 32.1. The van der Waals surface area contributed by atoms with E-state index in [0.717, 1.165) is 44.0 Å². The van der Waals surface area contributed by atoms with Crippen LogP contribution in [0.25, 0.3) is 0 Å². The van der Waals surface area contributed by atoms with Crippen molar-refractivity contribution in [3.63, 3.8) is 0 Å². The number of carbonyl (C=O) groups is 1. The number of nitrogens with zero attached hydrogens (tertiary/aromatic N) is 2. The zero-order valence-corrected chi connectivity index (χ0v) is 16.3. The van der Waals surface area contributed by atoms with E-state index >= 15 is 0 Å². The van der Waals surface area contributed by atoms with Crippen molar-refractivity contribution in [2.75, 3.05) is 44.7 Å². The Bertz CT molecular complexity index is 697. The number of benzene rings is 1. The minimum Gasteiger partial charge on any atom is -0.495 e. The van der Waals surface area contributed by atoms with E-state index in [4.69, 9.17) is 4.74 Å². The van der Waals surface area contributed by atoms with Crippen molar-refractivity contribution in [1.29, 1.82) is 0 Å². The molecule has 5 nitrogen and oxygen atoms in total. The standard InChI is InChI=1S/C20H27N3O2S/c1-16(20(24)21-10-9-17-6-5-15-26-17)22-11-13-23(14-12-22)18-7-3-4-8-19(18)25-2/h3-8,15-16H,9-14H2,1-2H3,(H,21,24)/t16-/m1/s1. The second kappa shape index (κ2) is 9.05. The van der Waals surface area contributed by atoms with Crippen LogP contribution in [0.15, 0.2) is 41.8 Å².